The quantitative estimate of drug-likeness (QED) is 0.611. The van der Waals surface area contributed by atoms with Crippen molar-refractivity contribution in [3.8, 4) is 11.4 Å². The van der Waals surface area contributed by atoms with Crippen LogP contribution < -0.4 is 4.72 Å². The molecule has 1 aromatic carbocycles. The molecule has 0 spiro atoms. The monoisotopic (exact) mass is 468 g/mol. The second-order valence-electron chi connectivity index (χ2n) is 6.57. The number of sulfonamides is 1. The molecule has 4 rings (SSSR count). The van der Waals surface area contributed by atoms with Gasteiger partial charge in [-0.15, -0.1) is 11.3 Å². The smallest absolute Gasteiger partial charge is 0.316 e. The molecule has 1 fully saturated rings. The van der Waals surface area contributed by atoms with Crippen molar-refractivity contribution in [3.63, 3.8) is 0 Å². The number of carbonyl (C=O) groups excluding carboxylic acids is 1. The maximum Gasteiger partial charge on any atom is 0.316 e. The van der Waals surface area contributed by atoms with E-state index in [1.807, 2.05) is 6.92 Å². The van der Waals surface area contributed by atoms with Gasteiger partial charge in [0.05, 0.1) is 23.9 Å². The normalized spacial score (nSPS) is 14.7. The van der Waals surface area contributed by atoms with Crippen molar-refractivity contribution in [2.24, 2.45) is 0 Å². The fraction of sp³-hybridized carbons (Fsp3) is 0.278. The zero-order chi connectivity index (χ0) is 21.3. The minimum absolute atomic E-state index is 0.0556. The first-order valence-electron chi connectivity index (χ1n) is 8.92. The summed E-state index contributed by atoms with van der Waals surface area (Å²) in [6.07, 6.45) is 0. The molecule has 30 heavy (non-hydrogen) atoms. The molecule has 0 bridgehead atoms. The first-order chi connectivity index (χ1) is 14.3. The Morgan fingerprint density at radius 3 is 2.77 bits per heavy atom. The van der Waals surface area contributed by atoms with E-state index >= 15 is 0 Å². The van der Waals surface area contributed by atoms with Crippen LogP contribution in [0.1, 0.15) is 16.2 Å². The van der Waals surface area contributed by atoms with Crippen molar-refractivity contribution >= 4 is 44.6 Å². The Balaban J connectivity index is 1.52. The van der Waals surface area contributed by atoms with E-state index in [0.29, 0.717) is 36.9 Å². The SMILES string of the molecule is Cc1ccc(NS(=O)(=O)c2cc(-c3noc(C(=O)N4CCOCC4)n3)cs2)c(Cl)c1. The lowest BCUT2D eigenvalue weighted by molar-refractivity contribution is 0.0272. The van der Waals surface area contributed by atoms with Crippen LogP contribution in [0.3, 0.4) is 0 Å². The van der Waals surface area contributed by atoms with E-state index in [-0.39, 0.29) is 27.5 Å². The van der Waals surface area contributed by atoms with Crippen LogP contribution >= 0.6 is 22.9 Å². The van der Waals surface area contributed by atoms with Crippen LogP contribution in [0, 0.1) is 6.92 Å². The van der Waals surface area contributed by atoms with Gasteiger partial charge in [0.25, 0.3) is 10.0 Å². The molecule has 0 saturated carbocycles. The summed E-state index contributed by atoms with van der Waals surface area (Å²) < 4.78 is 38.2. The van der Waals surface area contributed by atoms with E-state index in [0.717, 1.165) is 16.9 Å². The lowest BCUT2D eigenvalue weighted by Gasteiger charge is -2.25. The molecule has 158 valence electrons. The number of carbonyl (C=O) groups is 1. The van der Waals surface area contributed by atoms with Gasteiger partial charge in [-0.25, -0.2) is 8.42 Å². The third kappa shape index (κ3) is 4.33. The molecular formula is C18H17ClN4O5S2. The molecule has 3 heterocycles. The van der Waals surface area contributed by atoms with E-state index in [1.165, 1.54) is 6.07 Å². The number of benzene rings is 1. The summed E-state index contributed by atoms with van der Waals surface area (Å²) in [6.45, 7) is 3.67. The predicted molar refractivity (Wildman–Crippen MR) is 111 cm³/mol. The summed E-state index contributed by atoms with van der Waals surface area (Å²) in [7, 11) is -3.85. The van der Waals surface area contributed by atoms with Gasteiger partial charge in [-0.3, -0.25) is 9.52 Å². The topological polar surface area (TPSA) is 115 Å². The Kier molecular flexibility index (Phi) is 5.78. The van der Waals surface area contributed by atoms with Gasteiger partial charge >= 0.3 is 11.8 Å². The Labute approximate surface area is 181 Å². The summed E-state index contributed by atoms with van der Waals surface area (Å²) in [6, 6.07) is 6.46. The van der Waals surface area contributed by atoms with Gasteiger partial charge < -0.3 is 14.2 Å². The fourth-order valence-electron chi connectivity index (χ4n) is 2.80. The van der Waals surface area contributed by atoms with Gasteiger partial charge in [0.1, 0.15) is 4.21 Å². The molecule has 0 unspecified atom stereocenters. The number of ether oxygens (including phenoxy) is 1. The first kappa shape index (κ1) is 20.8. The molecule has 0 radical (unpaired) electrons. The van der Waals surface area contributed by atoms with Gasteiger partial charge in [-0.1, -0.05) is 22.8 Å². The van der Waals surface area contributed by atoms with Crippen LogP contribution in [0.5, 0.6) is 0 Å². The molecule has 1 N–H and O–H groups in total. The average molecular weight is 469 g/mol. The number of aryl methyl sites for hydroxylation is 1. The first-order valence-corrected chi connectivity index (χ1v) is 11.7. The van der Waals surface area contributed by atoms with Crippen LogP contribution in [-0.2, 0) is 14.8 Å². The molecule has 1 aliphatic heterocycles. The second-order valence-corrected chi connectivity index (χ2v) is 9.80. The number of amides is 1. The summed E-state index contributed by atoms with van der Waals surface area (Å²) in [5, 5.41) is 5.70. The Bertz CT molecular complexity index is 1180. The number of aromatic nitrogens is 2. The van der Waals surface area contributed by atoms with Crippen LogP contribution in [0.25, 0.3) is 11.4 Å². The zero-order valence-corrected chi connectivity index (χ0v) is 18.2. The Hall–Kier alpha value is -2.47. The second kappa shape index (κ2) is 8.34. The Morgan fingerprint density at radius 2 is 2.03 bits per heavy atom. The molecule has 2 aromatic heterocycles. The molecule has 0 atom stereocenters. The fourth-order valence-corrected chi connectivity index (χ4v) is 5.38. The van der Waals surface area contributed by atoms with Crippen LogP contribution in [-0.4, -0.2) is 55.7 Å². The summed E-state index contributed by atoms with van der Waals surface area (Å²) >= 11 is 7.12. The number of hydrogen-bond donors (Lipinski definition) is 1. The standard InChI is InChI=1S/C18H17ClN4O5S2/c1-11-2-3-14(13(19)8-11)22-30(25,26)15-9-12(10-29-15)16-20-17(28-21-16)18(24)23-4-6-27-7-5-23/h2-3,8-10,22H,4-7H2,1H3. The van der Waals surface area contributed by atoms with Gasteiger partial charge in [0.2, 0.25) is 5.82 Å². The Morgan fingerprint density at radius 1 is 1.27 bits per heavy atom. The number of anilines is 1. The van der Waals surface area contributed by atoms with Crippen molar-refractivity contribution < 1.29 is 22.5 Å². The highest BCUT2D eigenvalue weighted by Gasteiger charge is 2.25. The molecule has 9 nitrogen and oxygen atoms in total. The molecule has 0 aliphatic carbocycles. The number of thiophene rings is 1. The average Bonchev–Trinajstić information content (AvgIpc) is 3.40. The lowest BCUT2D eigenvalue weighted by Crippen LogP contribution is -2.40. The lowest BCUT2D eigenvalue weighted by atomic mass is 10.2. The number of rotatable bonds is 5. The van der Waals surface area contributed by atoms with E-state index in [1.54, 1.807) is 28.5 Å². The third-order valence-electron chi connectivity index (χ3n) is 4.37. The van der Waals surface area contributed by atoms with Gasteiger partial charge in [-0.2, -0.15) is 4.98 Å². The highest BCUT2D eigenvalue weighted by atomic mass is 35.5. The maximum atomic E-state index is 12.7. The number of halogens is 1. The van der Waals surface area contributed by atoms with E-state index in [2.05, 4.69) is 14.9 Å². The van der Waals surface area contributed by atoms with Crippen molar-refractivity contribution in [1.82, 2.24) is 15.0 Å². The number of hydrogen-bond acceptors (Lipinski definition) is 8. The minimum Gasteiger partial charge on any atom is -0.378 e. The molecule has 1 aliphatic rings. The van der Waals surface area contributed by atoms with Gasteiger partial charge in [-0.05, 0) is 30.7 Å². The predicted octanol–water partition coefficient (Wildman–Crippen LogP) is 3.03. The largest absolute Gasteiger partial charge is 0.378 e. The third-order valence-corrected chi connectivity index (χ3v) is 7.49. The van der Waals surface area contributed by atoms with Crippen molar-refractivity contribution in [1.29, 1.82) is 0 Å². The molecule has 3 aromatic rings. The summed E-state index contributed by atoms with van der Waals surface area (Å²) in [5.74, 6) is -0.388. The van der Waals surface area contributed by atoms with Crippen molar-refractivity contribution in [2.75, 3.05) is 31.0 Å². The number of morpholine rings is 1. The van der Waals surface area contributed by atoms with Crippen LogP contribution in [0.4, 0.5) is 5.69 Å². The summed E-state index contributed by atoms with van der Waals surface area (Å²) in [5.41, 5.74) is 1.64. The minimum atomic E-state index is -3.85. The van der Waals surface area contributed by atoms with Crippen molar-refractivity contribution in [3.05, 3.63) is 46.1 Å². The van der Waals surface area contributed by atoms with Crippen molar-refractivity contribution in [2.45, 2.75) is 11.1 Å². The molecule has 1 saturated heterocycles. The maximum absolute atomic E-state index is 12.7. The molecule has 12 heteroatoms. The van der Waals surface area contributed by atoms with Gasteiger partial charge in [0.15, 0.2) is 0 Å². The highest BCUT2D eigenvalue weighted by molar-refractivity contribution is 7.94. The summed E-state index contributed by atoms with van der Waals surface area (Å²) in [4.78, 5) is 18.1. The molecule has 1 amide bonds. The van der Waals surface area contributed by atoms with Crippen LogP contribution in [0.2, 0.25) is 5.02 Å². The number of nitrogens with one attached hydrogen (secondary N) is 1. The highest BCUT2D eigenvalue weighted by Crippen LogP contribution is 2.30. The zero-order valence-electron chi connectivity index (χ0n) is 15.8. The van der Waals surface area contributed by atoms with Gasteiger partial charge in [0, 0.05) is 24.0 Å². The van der Waals surface area contributed by atoms with Crippen LogP contribution in [0.15, 0.2) is 38.4 Å². The van der Waals surface area contributed by atoms with E-state index in [9.17, 15) is 13.2 Å². The number of nitrogens with zero attached hydrogens (tertiary/aromatic N) is 3. The molecular weight excluding hydrogens is 452 g/mol. The van der Waals surface area contributed by atoms with E-state index in [4.69, 9.17) is 20.9 Å². The van der Waals surface area contributed by atoms with E-state index < -0.39 is 10.0 Å².